The number of nitrogens with zero attached hydrogens (tertiary/aromatic N) is 4. The van der Waals surface area contributed by atoms with E-state index in [1.54, 1.807) is 0 Å². The van der Waals surface area contributed by atoms with Gasteiger partial charge in [0.15, 0.2) is 0 Å². The Morgan fingerprint density at radius 3 is 2.64 bits per heavy atom. The summed E-state index contributed by atoms with van der Waals surface area (Å²) in [7, 11) is 2.19. The van der Waals surface area contributed by atoms with Gasteiger partial charge in [-0.3, -0.25) is 9.69 Å². The van der Waals surface area contributed by atoms with Gasteiger partial charge in [0.25, 0.3) is 5.91 Å². The lowest BCUT2D eigenvalue weighted by atomic mass is 9.98. The number of carbonyl (C=O) groups is 1. The SMILES string of the molecule is CN1CCCN(CC2=CC=C(C3=CCC=C(C(=O)N4CCCCC4)C=C3)CC(C#N)=C2)CC1. The smallest absolute Gasteiger partial charge is 0.253 e. The Balaban J connectivity index is 1.46. The molecule has 0 radical (unpaired) electrons. The lowest BCUT2D eigenvalue weighted by Gasteiger charge is -2.27. The summed E-state index contributed by atoms with van der Waals surface area (Å²) >= 11 is 0. The predicted molar refractivity (Wildman–Crippen MR) is 133 cm³/mol. The second-order valence-electron chi connectivity index (χ2n) is 9.57. The molecule has 2 heterocycles. The molecule has 4 aliphatic rings. The molecule has 2 aliphatic heterocycles. The van der Waals surface area contributed by atoms with E-state index in [-0.39, 0.29) is 5.91 Å². The van der Waals surface area contributed by atoms with Crippen LogP contribution in [0.5, 0.6) is 0 Å². The van der Waals surface area contributed by atoms with E-state index < -0.39 is 0 Å². The number of piperidine rings is 1. The average Bonchev–Trinajstić information content (AvgIpc) is 3.29. The summed E-state index contributed by atoms with van der Waals surface area (Å²) in [4.78, 5) is 19.8. The zero-order valence-corrected chi connectivity index (χ0v) is 19.9. The summed E-state index contributed by atoms with van der Waals surface area (Å²) in [5, 5.41) is 9.76. The largest absolute Gasteiger partial charge is 0.339 e. The highest BCUT2D eigenvalue weighted by molar-refractivity contribution is 5.96. The number of likely N-dealkylation sites (tertiary alicyclic amines) is 1. The molecular formula is C28H36N4O. The van der Waals surface area contributed by atoms with Crippen LogP contribution in [-0.2, 0) is 4.79 Å². The van der Waals surface area contributed by atoms with Crippen LogP contribution in [0.1, 0.15) is 38.5 Å². The average molecular weight is 445 g/mol. The maximum Gasteiger partial charge on any atom is 0.253 e. The fraction of sp³-hybridized carbons (Fsp3) is 0.500. The Morgan fingerprint density at radius 2 is 1.82 bits per heavy atom. The highest BCUT2D eigenvalue weighted by Crippen LogP contribution is 2.27. The third-order valence-corrected chi connectivity index (χ3v) is 6.98. The van der Waals surface area contributed by atoms with Gasteiger partial charge in [-0.05, 0) is 81.1 Å². The molecule has 0 N–H and O–H groups in total. The molecule has 0 aromatic carbocycles. The van der Waals surface area contributed by atoms with Gasteiger partial charge in [-0.2, -0.15) is 5.26 Å². The fourth-order valence-corrected chi connectivity index (χ4v) is 4.98. The van der Waals surface area contributed by atoms with Crippen molar-refractivity contribution in [2.75, 3.05) is 52.9 Å². The fourth-order valence-electron chi connectivity index (χ4n) is 4.98. The molecule has 2 saturated heterocycles. The topological polar surface area (TPSA) is 50.6 Å². The van der Waals surface area contributed by atoms with Crippen LogP contribution in [0.4, 0.5) is 0 Å². The summed E-state index contributed by atoms with van der Waals surface area (Å²) in [6.07, 6.45) is 20.6. The number of hydrogen-bond acceptors (Lipinski definition) is 4. The van der Waals surface area contributed by atoms with Crippen LogP contribution in [0.15, 0.2) is 70.4 Å². The number of likely N-dealkylation sites (N-methyl/N-ethyl adjacent to an activating group) is 1. The minimum atomic E-state index is 0.151. The Bertz CT molecular complexity index is 966. The number of amides is 1. The molecule has 0 bridgehead atoms. The van der Waals surface area contributed by atoms with Gasteiger partial charge in [-0.15, -0.1) is 0 Å². The van der Waals surface area contributed by atoms with E-state index in [0.717, 1.165) is 87.4 Å². The zero-order chi connectivity index (χ0) is 23.0. The molecule has 0 spiro atoms. The monoisotopic (exact) mass is 444 g/mol. The molecule has 0 aromatic rings. The van der Waals surface area contributed by atoms with E-state index >= 15 is 0 Å². The van der Waals surface area contributed by atoms with E-state index in [4.69, 9.17) is 0 Å². The van der Waals surface area contributed by atoms with Crippen molar-refractivity contribution in [2.24, 2.45) is 0 Å². The van der Waals surface area contributed by atoms with E-state index in [2.05, 4.69) is 53.3 Å². The maximum atomic E-state index is 12.9. The predicted octanol–water partition coefficient (Wildman–Crippen LogP) is 4.16. The Labute approximate surface area is 198 Å². The molecule has 2 aliphatic carbocycles. The van der Waals surface area contributed by atoms with Crippen LogP contribution in [0.3, 0.4) is 0 Å². The first-order chi connectivity index (χ1) is 16.1. The van der Waals surface area contributed by atoms with Gasteiger partial charge in [-0.25, -0.2) is 0 Å². The van der Waals surface area contributed by atoms with Crippen molar-refractivity contribution in [3.05, 3.63) is 70.4 Å². The molecular weight excluding hydrogens is 408 g/mol. The van der Waals surface area contributed by atoms with Gasteiger partial charge < -0.3 is 9.80 Å². The van der Waals surface area contributed by atoms with Gasteiger partial charge in [0, 0.05) is 50.3 Å². The molecule has 1 amide bonds. The van der Waals surface area contributed by atoms with Crippen molar-refractivity contribution < 1.29 is 4.79 Å². The Hall–Kier alpha value is -2.68. The number of rotatable bonds is 4. The summed E-state index contributed by atoms with van der Waals surface area (Å²) in [5.74, 6) is 0.151. The molecule has 2 fully saturated rings. The lowest BCUT2D eigenvalue weighted by molar-refractivity contribution is -0.127. The van der Waals surface area contributed by atoms with Gasteiger partial charge in [-0.1, -0.05) is 30.4 Å². The van der Waals surface area contributed by atoms with E-state index in [0.29, 0.717) is 6.42 Å². The van der Waals surface area contributed by atoms with E-state index in [1.807, 2.05) is 17.1 Å². The molecule has 5 nitrogen and oxygen atoms in total. The quantitative estimate of drug-likeness (QED) is 0.654. The maximum absolute atomic E-state index is 12.9. The minimum absolute atomic E-state index is 0.151. The van der Waals surface area contributed by atoms with Gasteiger partial charge >= 0.3 is 0 Å². The zero-order valence-electron chi connectivity index (χ0n) is 19.9. The first kappa shape index (κ1) is 23.5. The van der Waals surface area contributed by atoms with Crippen LogP contribution in [0.25, 0.3) is 0 Å². The molecule has 4 rings (SSSR count). The lowest BCUT2D eigenvalue weighted by Crippen LogP contribution is -2.36. The van der Waals surface area contributed by atoms with Crippen molar-refractivity contribution in [2.45, 2.75) is 38.5 Å². The molecule has 33 heavy (non-hydrogen) atoms. The normalized spacial score (nSPS) is 23.2. The minimum Gasteiger partial charge on any atom is -0.339 e. The highest BCUT2D eigenvalue weighted by Gasteiger charge is 2.20. The summed E-state index contributed by atoms with van der Waals surface area (Å²) in [5.41, 5.74) is 5.04. The summed E-state index contributed by atoms with van der Waals surface area (Å²) in [6.45, 7) is 7.02. The number of nitriles is 1. The second kappa shape index (κ2) is 11.4. The van der Waals surface area contributed by atoms with Crippen molar-refractivity contribution in [1.29, 1.82) is 5.26 Å². The van der Waals surface area contributed by atoms with Gasteiger partial charge in [0.05, 0.1) is 6.07 Å². The molecule has 0 saturated carbocycles. The number of hydrogen-bond donors (Lipinski definition) is 0. The van der Waals surface area contributed by atoms with Gasteiger partial charge in [0.1, 0.15) is 0 Å². The first-order valence-electron chi connectivity index (χ1n) is 12.4. The molecule has 174 valence electrons. The third-order valence-electron chi connectivity index (χ3n) is 6.98. The number of carbonyl (C=O) groups excluding carboxylic acids is 1. The van der Waals surface area contributed by atoms with E-state index in [9.17, 15) is 10.1 Å². The Kier molecular flexibility index (Phi) is 8.15. The van der Waals surface area contributed by atoms with Crippen LogP contribution < -0.4 is 0 Å². The summed E-state index contributed by atoms with van der Waals surface area (Å²) in [6, 6.07) is 2.41. The third kappa shape index (κ3) is 6.43. The molecule has 0 aromatic heterocycles. The van der Waals surface area contributed by atoms with Crippen molar-refractivity contribution in [3.8, 4) is 6.07 Å². The van der Waals surface area contributed by atoms with Crippen molar-refractivity contribution >= 4 is 5.91 Å². The van der Waals surface area contributed by atoms with Crippen LogP contribution in [0.2, 0.25) is 0 Å². The highest BCUT2D eigenvalue weighted by atomic mass is 16.2. The first-order valence-corrected chi connectivity index (χ1v) is 12.4. The van der Waals surface area contributed by atoms with Crippen LogP contribution in [-0.4, -0.2) is 73.5 Å². The summed E-state index contributed by atoms with van der Waals surface area (Å²) < 4.78 is 0. The van der Waals surface area contributed by atoms with Crippen molar-refractivity contribution in [3.63, 3.8) is 0 Å². The molecule has 5 heteroatoms. The molecule has 0 unspecified atom stereocenters. The van der Waals surface area contributed by atoms with Gasteiger partial charge in [0.2, 0.25) is 0 Å². The van der Waals surface area contributed by atoms with Crippen LogP contribution in [0, 0.1) is 11.3 Å². The Morgan fingerprint density at radius 1 is 0.970 bits per heavy atom. The molecule has 0 atom stereocenters. The van der Waals surface area contributed by atoms with E-state index in [1.165, 1.54) is 18.4 Å². The van der Waals surface area contributed by atoms with Crippen molar-refractivity contribution in [1.82, 2.24) is 14.7 Å². The second-order valence-corrected chi connectivity index (χ2v) is 9.57. The number of allylic oxidation sites excluding steroid dienone is 8. The standard InChI is InChI=1S/C28H36N4O/c1-30-13-6-14-31(18-17-30)22-23-9-10-27(20-24(19-23)21-29)25-7-5-8-26(12-11-25)28(33)32-15-3-2-4-16-32/h7-12,19H,2-6,13-18,20,22H2,1H3. The van der Waals surface area contributed by atoms with Crippen LogP contribution >= 0.6 is 0 Å².